The van der Waals surface area contributed by atoms with E-state index >= 15 is 0 Å². The van der Waals surface area contributed by atoms with Crippen molar-refractivity contribution in [2.45, 2.75) is 32.5 Å². The number of halogens is 3. The number of alkyl halides is 3. The van der Waals surface area contributed by atoms with Crippen LogP contribution < -0.4 is 9.47 Å². The lowest BCUT2D eigenvalue weighted by molar-refractivity contribution is -0.168. The van der Waals surface area contributed by atoms with Crippen LogP contribution in [-0.2, 0) is 11.0 Å². The minimum atomic E-state index is -4.41. The molecule has 0 unspecified atom stereocenters. The van der Waals surface area contributed by atoms with E-state index in [-0.39, 0.29) is 23.0 Å². The number of aryl methyl sites for hydroxylation is 1. The summed E-state index contributed by atoms with van der Waals surface area (Å²) < 4.78 is 49.6. The topological polar surface area (TPSA) is 72.0 Å². The Labute approximate surface area is 224 Å². The number of rotatable bonds is 6. The highest BCUT2D eigenvalue weighted by molar-refractivity contribution is 5.95. The molecule has 3 heterocycles. The molecule has 2 saturated heterocycles. The smallest absolute Gasteiger partial charge is 0.416 e. The summed E-state index contributed by atoms with van der Waals surface area (Å²) in [6, 6.07) is 14.5. The molecule has 10 heteroatoms. The van der Waals surface area contributed by atoms with Gasteiger partial charge in [-0.1, -0.05) is 6.07 Å². The third kappa shape index (κ3) is 5.55. The molecule has 204 valence electrons. The molecule has 1 spiro atoms. The van der Waals surface area contributed by atoms with Crippen LogP contribution in [0.4, 0.5) is 13.2 Å². The second-order valence-corrected chi connectivity index (χ2v) is 10.8. The fraction of sp³-hybridized carbons (Fsp3) is 0.345. The van der Waals surface area contributed by atoms with Gasteiger partial charge < -0.3 is 19.3 Å². The van der Waals surface area contributed by atoms with Crippen molar-refractivity contribution in [1.82, 2.24) is 14.8 Å². The highest BCUT2D eigenvalue weighted by Gasteiger charge is 2.56. The Hall–Kier alpha value is -4.08. The van der Waals surface area contributed by atoms with Crippen LogP contribution in [0.15, 0.2) is 66.9 Å². The van der Waals surface area contributed by atoms with Crippen molar-refractivity contribution < 1.29 is 32.2 Å². The number of carbonyl (C=O) groups is 2. The van der Waals surface area contributed by atoms with E-state index in [1.54, 1.807) is 60.2 Å². The Morgan fingerprint density at radius 1 is 0.846 bits per heavy atom. The SMILES string of the molecule is Cc1ccc(OC(C)(C)C(=O)N2CC3(CN(C(=O)c4ccc(Oc5ccc(C(F)(F)F)cc5)cc4)C3)C2)nc1. The molecule has 2 aliphatic heterocycles. The molecule has 0 radical (unpaired) electrons. The van der Waals surface area contributed by atoms with Crippen LogP contribution in [0.1, 0.15) is 35.3 Å². The van der Waals surface area contributed by atoms with Crippen LogP contribution in [0.2, 0.25) is 0 Å². The average molecular weight is 540 g/mol. The summed E-state index contributed by atoms with van der Waals surface area (Å²) in [6.45, 7) is 7.61. The standard InChI is InChI=1S/C29H28F3N3O4/c1-19-4-13-24(33-14-19)39-27(2,3)26(37)35-17-28(18-35)15-34(16-28)25(36)20-5-9-22(10-6-20)38-23-11-7-21(8-12-23)29(30,31)32/h4-14H,15-18H2,1-3H3. The molecule has 7 nitrogen and oxygen atoms in total. The van der Waals surface area contributed by atoms with Gasteiger partial charge >= 0.3 is 6.18 Å². The summed E-state index contributed by atoms with van der Waals surface area (Å²) in [5, 5.41) is 0. The van der Waals surface area contributed by atoms with Crippen molar-refractivity contribution in [2.24, 2.45) is 5.41 Å². The van der Waals surface area contributed by atoms with Gasteiger partial charge in [0.15, 0.2) is 5.60 Å². The Bertz CT molecular complexity index is 1360. The minimum Gasteiger partial charge on any atom is -0.462 e. The molecule has 2 aromatic carbocycles. The Morgan fingerprint density at radius 3 is 1.95 bits per heavy atom. The first-order valence-corrected chi connectivity index (χ1v) is 12.5. The molecule has 39 heavy (non-hydrogen) atoms. The van der Waals surface area contributed by atoms with Gasteiger partial charge in [-0.25, -0.2) is 4.98 Å². The predicted molar refractivity (Wildman–Crippen MR) is 137 cm³/mol. The van der Waals surface area contributed by atoms with Crippen LogP contribution in [0, 0.1) is 12.3 Å². The number of likely N-dealkylation sites (tertiary alicyclic amines) is 2. The molecular weight excluding hydrogens is 511 g/mol. The van der Waals surface area contributed by atoms with E-state index < -0.39 is 17.3 Å². The Morgan fingerprint density at radius 2 is 1.41 bits per heavy atom. The normalized spacial score (nSPS) is 16.4. The molecule has 0 N–H and O–H groups in total. The third-order valence-corrected chi connectivity index (χ3v) is 6.96. The molecular formula is C29H28F3N3O4. The molecule has 2 amide bonds. The van der Waals surface area contributed by atoms with Gasteiger partial charge in [0, 0.05) is 49.4 Å². The van der Waals surface area contributed by atoms with E-state index in [0.29, 0.717) is 43.4 Å². The van der Waals surface area contributed by atoms with Gasteiger partial charge in [0.1, 0.15) is 11.5 Å². The summed E-state index contributed by atoms with van der Waals surface area (Å²) in [4.78, 5) is 33.7. The Kier molecular flexibility index (Phi) is 6.52. The molecule has 2 fully saturated rings. The molecule has 0 bridgehead atoms. The first-order valence-electron chi connectivity index (χ1n) is 12.5. The maximum absolute atomic E-state index is 13.0. The van der Waals surface area contributed by atoms with Gasteiger partial charge in [-0.2, -0.15) is 13.2 Å². The van der Waals surface area contributed by atoms with Crippen molar-refractivity contribution in [3.63, 3.8) is 0 Å². The number of aromatic nitrogens is 1. The molecule has 1 aromatic heterocycles. The summed E-state index contributed by atoms with van der Waals surface area (Å²) in [6.07, 6.45) is -2.72. The van der Waals surface area contributed by atoms with Crippen molar-refractivity contribution >= 4 is 11.8 Å². The maximum Gasteiger partial charge on any atom is 0.416 e. The van der Waals surface area contributed by atoms with E-state index in [2.05, 4.69) is 4.98 Å². The van der Waals surface area contributed by atoms with Gasteiger partial charge in [0.25, 0.3) is 11.8 Å². The molecule has 5 rings (SSSR count). The highest BCUT2D eigenvalue weighted by atomic mass is 19.4. The quantitative estimate of drug-likeness (QED) is 0.423. The zero-order valence-corrected chi connectivity index (χ0v) is 21.8. The van der Waals surface area contributed by atoms with Gasteiger partial charge in [0.2, 0.25) is 5.88 Å². The fourth-order valence-electron chi connectivity index (χ4n) is 4.91. The lowest BCUT2D eigenvalue weighted by Gasteiger charge is -2.60. The summed E-state index contributed by atoms with van der Waals surface area (Å²) in [5.74, 6) is 0.819. The van der Waals surface area contributed by atoms with Crippen LogP contribution in [-0.4, -0.2) is 58.4 Å². The van der Waals surface area contributed by atoms with Crippen LogP contribution in [0.5, 0.6) is 17.4 Å². The lowest BCUT2D eigenvalue weighted by Crippen LogP contribution is -2.75. The van der Waals surface area contributed by atoms with E-state index in [1.165, 1.54) is 12.1 Å². The second kappa shape index (κ2) is 9.59. The van der Waals surface area contributed by atoms with Crippen molar-refractivity contribution in [2.75, 3.05) is 26.2 Å². The van der Waals surface area contributed by atoms with Crippen molar-refractivity contribution in [3.05, 3.63) is 83.6 Å². The second-order valence-electron chi connectivity index (χ2n) is 10.8. The lowest BCUT2D eigenvalue weighted by atomic mass is 9.72. The van der Waals surface area contributed by atoms with E-state index in [4.69, 9.17) is 9.47 Å². The fourth-order valence-corrected chi connectivity index (χ4v) is 4.91. The first-order chi connectivity index (χ1) is 18.3. The summed E-state index contributed by atoms with van der Waals surface area (Å²) in [7, 11) is 0. The number of hydrogen-bond acceptors (Lipinski definition) is 5. The van der Waals surface area contributed by atoms with Gasteiger partial charge in [0.05, 0.1) is 5.56 Å². The van der Waals surface area contributed by atoms with Gasteiger partial charge in [-0.3, -0.25) is 9.59 Å². The summed E-state index contributed by atoms with van der Waals surface area (Å²) >= 11 is 0. The predicted octanol–water partition coefficient (Wildman–Crippen LogP) is 5.34. The number of pyridine rings is 1. The number of benzene rings is 2. The third-order valence-electron chi connectivity index (χ3n) is 6.96. The van der Waals surface area contributed by atoms with Crippen LogP contribution in [0.25, 0.3) is 0 Å². The van der Waals surface area contributed by atoms with Crippen molar-refractivity contribution in [1.29, 1.82) is 0 Å². The van der Waals surface area contributed by atoms with Crippen molar-refractivity contribution in [3.8, 4) is 17.4 Å². The number of hydrogen-bond donors (Lipinski definition) is 0. The number of ether oxygens (including phenoxy) is 2. The van der Waals surface area contributed by atoms with Crippen LogP contribution >= 0.6 is 0 Å². The largest absolute Gasteiger partial charge is 0.462 e. The zero-order valence-electron chi connectivity index (χ0n) is 21.8. The number of amides is 2. The molecule has 3 aromatic rings. The molecule has 0 aliphatic carbocycles. The average Bonchev–Trinajstić information content (AvgIpc) is 2.83. The van der Waals surface area contributed by atoms with E-state index in [9.17, 15) is 22.8 Å². The van der Waals surface area contributed by atoms with Gasteiger partial charge in [-0.15, -0.1) is 0 Å². The highest BCUT2D eigenvalue weighted by Crippen LogP contribution is 2.41. The zero-order chi connectivity index (χ0) is 28.0. The molecule has 0 atom stereocenters. The monoisotopic (exact) mass is 539 g/mol. The Balaban J connectivity index is 1.11. The maximum atomic E-state index is 13.0. The van der Waals surface area contributed by atoms with E-state index in [1.807, 2.05) is 13.0 Å². The first kappa shape index (κ1) is 26.5. The molecule has 0 saturated carbocycles. The number of nitrogens with zero attached hydrogens (tertiary/aromatic N) is 3. The van der Waals surface area contributed by atoms with Crippen LogP contribution in [0.3, 0.4) is 0 Å². The summed E-state index contributed by atoms with van der Waals surface area (Å²) in [5.41, 5.74) is -0.430. The molecule has 2 aliphatic rings. The minimum absolute atomic E-state index is 0.102. The number of carbonyl (C=O) groups excluding carboxylic acids is 2. The van der Waals surface area contributed by atoms with E-state index in [0.717, 1.165) is 17.7 Å². The van der Waals surface area contributed by atoms with Gasteiger partial charge in [-0.05, 0) is 74.9 Å².